The summed E-state index contributed by atoms with van der Waals surface area (Å²) in [5, 5.41) is 0. The Bertz CT molecular complexity index is 810. The van der Waals surface area contributed by atoms with Crippen LogP contribution < -0.4 is 4.74 Å². The molecule has 0 bridgehead atoms. The summed E-state index contributed by atoms with van der Waals surface area (Å²) in [6.45, 7) is 6.57. The molecule has 0 amide bonds. The molecule has 0 unspecified atom stereocenters. The molecule has 0 spiro atoms. The molecule has 0 N–H and O–H groups in total. The summed E-state index contributed by atoms with van der Waals surface area (Å²) in [6.07, 6.45) is 2.94. The molecule has 140 valence electrons. The van der Waals surface area contributed by atoms with Crippen LogP contribution in [0, 0.1) is 13.8 Å². The van der Waals surface area contributed by atoms with Crippen LogP contribution in [-0.4, -0.2) is 36.3 Å². The van der Waals surface area contributed by atoms with Gasteiger partial charge < -0.3 is 14.0 Å². The van der Waals surface area contributed by atoms with E-state index in [9.17, 15) is 9.59 Å². The molecule has 26 heavy (non-hydrogen) atoms. The van der Waals surface area contributed by atoms with Crippen molar-refractivity contribution in [3.8, 4) is 5.75 Å². The van der Waals surface area contributed by atoms with Crippen LogP contribution in [0.5, 0.6) is 5.75 Å². The quantitative estimate of drug-likeness (QED) is 0.391. The Balaban J connectivity index is 2.10. The molecular weight excluding hydrogens is 350 g/mol. The Labute approximate surface area is 158 Å². The third kappa shape index (κ3) is 4.30. The zero-order valence-corrected chi connectivity index (χ0v) is 16.7. The van der Waals surface area contributed by atoms with Crippen LogP contribution in [0.25, 0.3) is 0 Å². The molecule has 0 saturated heterocycles. The van der Waals surface area contributed by atoms with E-state index in [-0.39, 0.29) is 12.4 Å². The van der Waals surface area contributed by atoms with Crippen LogP contribution in [0.4, 0.5) is 0 Å². The number of esters is 1. The lowest BCUT2D eigenvalue weighted by Crippen LogP contribution is -2.15. The SMILES string of the molecule is CCCn1c(C)cc(C(=O)COC(=O)c2ccc(SC)cc2OC)c1C. The molecule has 1 heterocycles. The van der Waals surface area contributed by atoms with Crippen molar-refractivity contribution in [1.82, 2.24) is 4.57 Å². The monoisotopic (exact) mass is 375 g/mol. The predicted molar refractivity (Wildman–Crippen MR) is 104 cm³/mol. The highest BCUT2D eigenvalue weighted by Gasteiger charge is 2.19. The number of methoxy groups -OCH3 is 1. The second-order valence-corrected chi connectivity index (χ2v) is 6.88. The van der Waals surface area contributed by atoms with Gasteiger partial charge in [-0.2, -0.15) is 0 Å². The average molecular weight is 375 g/mol. The summed E-state index contributed by atoms with van der Waals surface area (Å²) in [5.74, 6) is -0.325. The fourth-order valence-electron chi connectivity index (χ4n) is 2.90. The number of rotatable bonds is 8. The Morgan fingerprint density at radius 3 is 2.50 bits per heavy atom. The first-order valence-corrected chi connectivity index (χ1v) is 9.74. The lowest BCUT2D eigenvalue weighted by Gasteiger charge is -2.10. The van der Waals surface area contributed by atoms with E-state index in [1.807, 2.05) is 32.2 Å². The van der Waals surface area contributed by atoms with E-state index in [1.165, 1.54) is 7.11 Å². The Hall–Kier alpha value is -2.21. The van der Waals surface area contributed by atoms with Gasteiger partial charge in [0, 0.05) is 28.4 Å². The molecule has 6 heteroatoms. The zero-order valence-electron chi connectivity index (χ0n) is 15.9. The van der Waals surface area contributed by atoms with Crippen LogP contribution in [0.2, 0.25) is 0 Å². The highest BCUT2D eigenvalue weighted by Crippen LogP contribution is 2.26. The van der Waals surface area contributed by atoms with Crippen molar-refractivity contribution in [2.24, 2.45) is 0 Å². The zero-order chi connectivity index (χ0) is 19.3. The number of hydrogen-bond acceptors (Lipinski definition) is 5. The highest BCUT2D eigenvalue weighted by molar-refractivity contribution is 7.98. The van der Waals surface area contributed by atoms with Gasteiger partial charge in [0.15, 0.2) is 6.61 Å². The first-order chi connectivity index (χ1) is 12.4. The third-order valence-electron chi connectivity index (χ3n) is 4.28. The standard InChI is InChI=1S/C20H25NO4S/c1-6-9-21-13(2)10-17(14(21)3)18(22)12-25-20(23)16-8-7-15(26-5)11-19(16)24-4/h7-8,10-11H,6,9,12H2,1-5H3. The van der Waals surface area contributed by atoms with Crippen molar-refractivity contribution >= 4 is 23.5 Å². The fraction of sp³-hybridized carbons (Fsp3) is 0.400. The maximum atomic E-state index is 12.5. The number of ether oxygens (including phenoxy) is 2. The number of aryl methyl sites for hydroxylation is 1. The number of thioether (sulfide) groups is 1. The lowest BCUT2D eigenvalue weighted by molar-refractivity contribution is 0.0471. The Morgan fingerprint density at radius 1 is 1.15 bits per heavy atom. The number of Topliss-reactive ketones (excluding diaryl/α,β-unsaturated/α-hetero) is 1. The van der Waals surface area contributed by atoms with Crippen molar-refractivity contribution < 1.29 is 19.1 Å². The van der Waals surface area contributed by atoms with E-state index < -0.39 is 5.97 Å². The van der Waals surface area contributed by atoms with Crippen LogP contribution in [0.3, 0.4) is 0 Å². The molecule has 2 rings (SSSR count). The summed E-state index contributed by atoms with van der Waals surface area (Å²) < 4.78 is 12.6. The number of nitrogens with zero attached hydrogens (tertiary/aromatic N) is 1. The van der Waals surface area contributed by atoms with Gasteiger partial charge in [-0.3, -0.25) is 4.79 Å². The molecule has 0 atom stereocenters. The minimum absolute atomic E-state index is 0.200. The van der Waals surface area contributed by atoms with Gasteiger partial charge in [0.1, 0.15) is 11.3 Å². The molecule has 1 aromatic heterocycles. The number of carbonyl (C=O) groups is 2. The number of aromatic nitrogens is 1. The molecule has 0 fully saturated rings. The van der Waals surface area contributed by atoms with Crippen LogP contribution >= 0.6 is 11.8 Å². The van der Waals surface area contributed by atoms with Gasteiger partial charge >= 0.3 is 5.97 Å². The summed E-state index contributed by atoms with van der Waals surface area (Å²) in [5.41, 5.74) is 2.86. The van der Waals surface area contributed by atoms with E-state index >= 15 is 0 Å². The highest BCUT2D eigenvalue weighted by atomic mass is 32.2. The van der Waals surface area contributed by atoms with Crippen LogP contribution in [0.15, 0.2) is 29.2 Å². The second kappa shape index (κ2) is 8.94. The molecule has 2 aromatic rings. The smallest absolute Gasteiger partial charge is 0.342 e. The van der Waals surface area contributed by atoms with Crippen molar-refractivity contribution in [2.75, 3.05) is 20.0 Å². The Kier molecular flexibility index (Phi) is 6.91. The molecule has 0 saturated carbocycles. The summed E-state index contributed by atoms with van der Waals surface area (Å²) >= 11 is 1.55. The average Bonchev–Trinajstić information content (AvgIpc) is 2.93. The molecule has 0 aliphatic heterocycles. The van der Waals surface area contributed by atoms with Gasteiger partial charge in [-0.1, -0.05) is 6.92 Å². The number of hydrogen-bond donors (Lipinski definition) is 0. The number of ketones is 1. The van der Waals surface area contributed by atoms with E-state index in [2.05, 4.69) is 11.5 Å². The molecule has 0 aliphatic carbocycles. The van der Waals surface area contributed by atoms with E-state index in [1.54, 1.807) is 23.9 Å². The summed E-state index contributed by atoms with van der Waals surface area (Å²) in [6, 6.07) is 7.12. The van der Waals surface area contributed by atoms with E-state index in [0.29, 0.717) is 16.9 Å². The van der Waals surface area contributed by atoms with Gasteiger partial charge in [0.2, 0.25) is 5.78 Å². The fourth-order valence-corrected chi connectivity index (χ4v) is 3.33. The lowest BCUT2D eigenvalue weighted by atomic mass is 10.1. The molecule has 1 aromatic carbocycles. The second-order valence-electron chi connectivity index (χ2n) is 6.00. The largest absolute Gasteiger partial charge is 0.496 e. The van der Waals surface area contributed by atoms with E-state index in [4.69, 9.17) is 9.47 Å². The minimum atomic E-state index is -0.565. The van der Waals surface area contributed by atoms with Crippen LogP contribution in [-0.2, 0) is 11.3 Å². The predicted octanol–water partition coefficient (Wildman–Crippen LogP) is 4.29. The normalized spacial score (nSPS) is 10.7. The third-order valence-corrected chi connectivity index (χ3v) is 5.01. The van der Waals surface area contributed by atoms with Gasteiger partial charge in [-0.05, 0) is 50.8 Å². The first kappa shape index (κ1) is 20.1. The topological polar surface area (TPSA) is 57.5 Å². The van der Waals surface area contributed by atoms with Gasteiger partial charge in [0.25, 0.3) is 0 Å². The van der Waals surface area contributed by atoms with Gasteiger partial charge in [0.05, 0.1) is 7.11 Å². The van der Waals surface area contributed by atoms with Gasteiger partial charge in [-0.15, -0.1) is 11.8 Å². The van der Waals surface area contributed by atoms with Crippen molar-refractivity contribution in [1.29, 1.82) is 0 Å². The van der Waals surface area contributed by atoms with Crippen LogP contribution in [0.1, 0.15) is 45.4 Å². The molecular formula is C20H25NO4S. The Morgan fingerprint density at radius 2 is 1.88 bits per heavy atom. The molecule has 0 radical (unpaired) electrons. The number of benzene rings is 1. The van der Waals surface area contributed by atoms with Gasteiger partial charge in [-0.25, -0.2) is 4.79 Å². The molecule has 5 nitrogen and oxygen atoms in total. The summed E-state index contributed by atoms with van der Waals surface area (Å²) in [7, 11) is 1.50. The maximum absolute atomic E-state index is 12.5. The van der Waals surface area contributed by atoms with Crippen molar-refractivity contribution in [2.45, 2.75) is 38.6 Å². The summed E-state index contributed by atoms with van der Waals surface area (Å²) in [4.78, 5) is 25.8. The maximum Gasteiger partial charge on any atom is 0.342 e. The number of carbonyl (C=O) groups excluding carboxylic acids is 2. The van der Waals surface area contributed by atoms with Crippen molar-refractivity contribution in [3.05, 3.63) is 46.8 Å². The first-order valence-electron chi connectivity index (χ1n) is 8.52. The molecule has 0 aliphatic rings. The minimum Gasteiger partial charge on any atom is -0.496 e. The van der Waals surface area contributed by atoms with E-state index in [0.717, 1.165) is 29.2 Å². The van der Waals surface area contributed by atoms with Crippen molar-refractivity contribution in [3.63, 3.8) is 0 Å².